The van der Waals surface area contributed by atoms with Gasteiger partial charge in [0.05, 0.1) is 20.3 Å². The van der Waals surface area contributed by atoms with Gasteiger partial charge in [-0.3, -0.25) is 14.5 Å². The second kappa shape index (κ2) is 7.27. The van der Waals surface area contributed by atoms with Crippen molar-refractivity contribution < 1.29 is 19.1 Å². The van der Waals surface area contributed by atoms with Crippen molar-refractivity contribution >= 4 is 11.9 Å². The van der Waals surface area contributed by atoms with Crippen LogP contribution in [0.2, 0.25) is 0 Å². The molecule has 0 bridgehead atoms. The number of carbonyl (C=O) groups is 2. The molecule has 98 valence electrons. The van der Waals surface area contributed by atoms with Crippen LogP contribution in [-0.4, -0.2) is 49.7 Å². The van der Waals surface area contributed by atoms with Crippen LogP contribution in [0.3, 0.4) is 0 Å². The molecule has 0 N–H and O–H groups in total. The van der Waals surface area contributed by atoms with Crippen molar-refractivity contribution in [1.29, 1.82) is 0 Å². The highest BCUT2D eigenvalue weighted by Gasteiger charge is 2.32. The lowest BCUT2D eigenvalue weighted by Gasteiger charge is -2.21. The minimum Gasteiger partial charge on any atom is -0.468 e. The lowest BCUT2D eigenvalue weighted by atomic mass is 10.2. The van der Waals surface area contributed by atoms with Gasteiger partial charge >= 0.3 is 11.9 Å². The highest BCUT2D eigenvalue weighted by atomic mass is 16.5. The Balaban J connectivity index is 2.34. The van der Waals surface area contributed by atoms with E-state index in [2.05, 4.69) is 0 Å². The summed E-state index contributed by atoms with van der Waals surface area (Å²) in [7, 11) is 1.37. The molecule has 0 aromatic carbocycles. The topological polar surface area (TPSA) is 55.8 Å². The van der Waals surface area contributed by atoms with Gasteiger partial charge in [-0.05, 0) is 25.8 Å². The molecule has 1 fully saturated rings. The molecule has 0 saturated carbocycles. The Morgan fingerprint density at radius 2 is 2.18 bits per heavy atom. The molecule has 0 radical (unpaired) electrons. The Labute approximate surface area is 102 Å². The SMILES string of the molecule is CCCCOC(=O)CN1CCCC1C(=O)OC. The van der Waals surface area contributed by atoms with E-state index in [1.807, 2.05) is 11.8 Å². The molecule has 1 saturated heterocycles. The van der Waals surface area contributed by atoms with Gasteiger partial charge in [0.25, 0.3) is 0 Å². The van der Waals surface area contributed by atoms with Gasteiger partial charge in [-0.15, -0.1) is 0 Å². The molecule has 0 aromatic heterocycles. The number of rotatable bonds is 6. The summed E-state index contributed by atoms with van der Waals surface area (Å²) in [6, 6.07) is -0.279. The molecule has 1 aliphatic heterocycles. The lowest BCUT2D eigenvalue weighted by Crippen LogP contribution is -2.40. The molecule has 1 atom stereocenters. The largest absolute Gasteiger partial charge is 0.468 e. The van der Waals surface area contributed by atoms with E-state index in [-0.39, 0.29) is 24.5 Å². The molecular formula is C12H21NO4. The summed E-state index contributed by atoms with van der Waals surface area (Å²) in [5.41, 5.74) is 0. The first-order valence-corrected chi connectivity index (χ1v) is 6.16. The number of methoxy groups -OCH3 is 1. The van der Waals surface area contributed by atoms with Gasteiger partial charge in [0.15, 0.2) is 0 Å². The Morgan fingerprint density at radius 1 is 1.41 bits per heavy atom. The first-order chi connectivity index (χ1) is 8.19. The van der Waals surface area contributed by atoms with Crippen LogP contribution >= 0.6 is 0 Å². The fraction of sp³-hybridized carbons (Fsp3) is 0.833. The third-order valence-electron chi connectivity index (χ3n) is 2.93. The Kier molecular flexibility index (Phi) is 5.97. The maximum absolute atomic E-state index is 11.5. The maximum atomic E-state index is 11.5. The Morgan fingerprint density at radius 3 is 2.82 bits per heavy atom. The Hall–Kier alpha value is -1.10. The standard InChI is InChI=1S/C12H21NO4/c1-3-4-8-17-11(14)9-13-7-5-6-10(13)12(15)16-2/h10H,3-9H2,1-2H3. The predicted octanol–water partition coefficient (Wildman–Crippen LogP) is 0.967. The summed E-state index contributed by atoms with van der Waals surface area (Å²) in [5, 5.41) is 0. The number of hydrogen-bond acceptors (Lipinski definition) is 5. The summed E-state index contributed by atoms with van der Waals surface area (Å²) < 4.78 is 9.79. The van der Waals surface area contributed by atoms with Crippen molar-refractivity contribution in [3.63, 3.8) is 0 Å². The number of ether oxygens (including phenoxy) is 2. The van der Waals surface area contributed by atoms with Crippen LogP contribution in [-0.2, 0) is 19.1 Å². The van der Waals surface area contributed by atoms with Crippen LogP contribution in [0.15, 0.2) is 0 Å². The third-order valence-corrected chi connectivity index (χ3v) is 2.93. The van der Waals surface area contributed by atoms with Crippen LogP contribution < -0.4 is 0 Å². The summed E-state index contributed by atoms with van der Waals surface area (Å²) >= 11 is 0. The van der Waals surface area contributed by atoms with Crippen molar-refractivity contribution in [1.82, 2.24) is 4.90 Å². The average molecular weight is 243 g/mol. The second-order valence-corrected chi connectivity index (χ2v) is 4.23. The molecule has 1 aliphatic rings. The van der Waals surface area contributed by atoms with E-state index < -0.39 is 0 Å². The van der Waals surface area contributed by atoms with Gasteiger partial charge in [0.1, 0.15) is 6.04 Å². The van der Waals surface area contributed by atoms with Crippen molar-refractivity contribution in [2.24, 2.45) is 0 Å². The van der Waals surface area contributed by atoms with Gasteiger partial charge in [0, 0.05) is 0 Å². The van der Waals surface area contributed by atoms with E-state index in [1.54, 1.807) is 0 Å². The van der Waals surface area contributed by atoms with Gasteiger partial charge < -0.3 is 9.47 Å². The van der Waals surface area contributed by atoms with Crippen molar-refractivity contribution in [3.8, 4) is 0 Å². The van der Waals surface area contributed by atoms with Crippen molar-refractivity contribution in [3.05, 3.63) is 0 Å². The van der Waals surface area contributed by atoms with Crippen molar-refractivity contribution in [2.75, 3.05) is 26.8 Å². The van der Waals surface area contributed by atoms with Gasteiger partial charge in [-0.25, -0.2) is 0 Å². The fourth-order valence-corrected chi connectivity index (χ4v) is 1.96. The summed E-state index contributed by atoms with van der Waals surface area (Å²) in [4.78, 5) is 24.8. The molecule has 0 aromatic rings. The van der Waals surface area contributed by atoms with E-state index >= 15 is 0 Å². The quantitative estimate of drug-likeness (QED) is 0.514. The van der Waals surface area contributed by atoms with E-state index in [4.69, 9.17) is 9.47 Å². The van der Waals surface area contributed by atoms with Gasteiger partial charge in [-0.1, -0.05) is 13.3 Å². The van der Waals surface area contributed by atoms with Gasteiger partial charge in [0.2, 0.25) is 0 Å². The lowest BCUT2D eigenvalue weighted by molar-refractivity contribution is -0.149. The molecule has 5 nitrogen and oxygen atoms in total. The smallest absolute Gasteiger partial charge is 0.323 e. The zero-order chi connectivity index (χ0) is 12.7. The molecule has 1 rings (SSSR count). The van der Waals surface area contributed by atoms with Crippen LogP contribution in [0, 0.1) is 0 Å². The van der Waals surface area contributed by atoms with Crippen molar-refractivity contribution in [2.45, 2.75) is 38.6 Å². The number of carbonyl (C=O) groups excluding carboxylic acids is 2. The number of unbranched alkanes of at least 4 members (excludes halogenated alkanes) is 1. The minimum atomic E-state index is -0.279. The van der Waals surface area contributed by atoms with Crippen LogP contribution in [0.1, 0.15) is 32.6 Å². The highest BCUT2D eigenvalue weighted by Crippen LogP contribution is 2.17. The third kappa shape index (κ3) is 4.34. The Bertz CT molecular complexity index is 267. The maximum Gasteiger partial charge on any atom is 0.323 e. The minimum absolute atomic E-state index is 0.184. The second-order valence-electron chi connectivity index (χ2n) is 4.23. The molecule has 1 unspecified atom stereocenters. The van der Waals surface area contributed by atoms with Crippen LogP contribution in [0.5, 0.6) is 0 Å². The number of esters is 2. The summed E-state index contributed by atoms with van der Waals surface area (Å²) in [6.07, 6.45) is 3.56. The number of nitrogens with zero attached hydrogens (tertiary/aromatic N) is 1. The predicted molar refractivity (Wildman–Crippen MR) is 62.5 cm³/mol. The molecule has 1 heterocycles. The van der Waals surface area contributed by atoms with E-state index in [0.717, 1.165) is 32.2 Å². The number of hydrogen-bond donors (Lipinski definition) is 0. The molecular weight excluding hydrogens is 222 g/mol. The zero-order valence-electron chi connectivity index (χ0n) is 10.6. The summed E-state index contributed by atoms with van der Waals surface area (Å²) in [6.45, 7) is 3.44. The van der Waals surface area contributed by atoms with E-state index in [0.29, 0.717) is 6.61 Å². The fourth-order valence-electron chi connectivity index (χ4n) is 1.96. The first kappa shape index (κ1) is 14.0. The molecule has 5 heteroatoms. The molecule has 0 aliphatic carbocycles. The highest BCUT2D eigenvalue weighted by molar-refractivity contribution is 5.78. The van der Waals surface area contributed by atoms with E-state index in [1.165, 1.54) is 7.11 Å². The average Bonchev–Trinajstić information content (AvgIpc) is 2.76. The molecule has 0 spiro atoms. The zero-order valence-corrected chi connectivity index (χ0v) is 10.6. The molecule has 17 heavy (non-hydrogen) atoms. The number of likely N-dealkylation sites (tertiary alicyclic amines) is 1. The van der Waals surface area contributed by atoms with Crippen LogP contribution in [0.4, 0.5) is 0 Å². The monoisotopic (exact) mass is 243 g/mol. The normalized spacial score (nSPS) is 20.2. The molecule has 0 amide bonds. The first-order valence-electron chi connectivity index (χ1n) is 6.16. The summed E-state index contributed by atoms with van der Waals surface area (Å²) in [5.74, 6) is -0.516. The van der Waals surface area contributed by atoms with Gasteiger partial charge in [-0.2, -0.15) is 0 Å². The van der Waals surface area contributed by atoms with E-state index in [9.17, 15) is 9.59 Å². The van der Waals surface area contributed by atoms with Crippen LogP contribution in [0.25, 0.3) is 0 Å².